The molecule has 0 aliphatic carbocycles. The molecule has 0 spiro atoms. The van der Waals surface area contributed by atoms with Crippen LogP contribution in [-0.4, -0.2) is 45.6 Å². The van der Waals surface area contributed by atoms with Crippen molar-refractivity contribution in [3.8, 4) is 5.69 Å². The topological polar surface area (TPSA) is 67.4 Å². The van der Waals surface area contributed by atoms with Gasteiger partial charge < -0.3 is 4.90 Å². The summed E-state index contributed by atoms with van der Waals surface area (Å²) < 4.78 is 2.04. The van der Waals surface area contributed by atoms with Gasteiger partial charge in [0.05, 0.1) is 4.92 Å². The Labute approximate surface area is 167 Å². The second kappa shape index (κ2) is 8.00. The maximum absolute atomic E-state index is 11.0. The Balaban J connectivity index is 1.42. The van der Waals surface area contributed by atoms with Gasteiger partial charge in [-0.05, 0) is 23.8 Å². The van der Waals surface area contributed by atoms with Gasteiger partial charge in [-0.3, -0.25) is 19.6 Å². The highest BCUT2D eigenvalue weighted by molar-refractivity contribution is 6.30. The standard InChI is InChI=1S/C20H20ClN5O2/c21-17-4-2-5-18(14-17)25-8-7-22-20(25)24-11-9-23(10-12-24)15-16-3-1-6-19(13-16)26(27)28/h1-8,13-14H,9-12,15H2. The van der Waals surface area contributed by atoms with Crippen molar-refractivity contribution in [1.82, 2.24) is 14.5 Å². The molecular weight excluding hydrogens is 378 g/mol. The number of halogens is 1. The molecule has 144 valence electrons. The van der Waals surface area contributed by atoms with Crippen LogP contribution in [0.3, 0.4) is 0 Å². The lowest BCUT2D eigenvalue weighted by molar-refractivity contribution is -0.384. The highest BCUT2D eigenvalue weighted by atomic mass is 35.5. The van der Waals surface area contributed by atoms with Crippen molar-refractivity contribution in [1.29, 1.82) is 0 Å². The zero-order valence-corrected chi connectivity index (χ0v) is 16.0. The molecule has 0 radical (unpaired) electrons. The number of imidazole rings is 1. The third-order valence-electron chi connectivity index (χ3n) is 4.89. The number of rotatable bonds is 5. The molecule has 1 saturated heterocycles. The molecule has 28 heavy (non-hydrogen) atoms. The molecule has 1 aromatic heterocycles. The summed E-state index contributed by atoms with van der Waals surface area (Å²) in [5.74, 6) is 0.900. The highest BCUT2D eigenvalue weighted by Crippen LogP contribution is 2.22. The summed E-state index contributed by atoms with van der Waals surface area (Å²) in [6.45, 7) is 4.12. The molecule has 2 aromatic carbocycles. The molecule has 0 saturated carbocycles. The van der Waals surface area contributed by atoms with Crippen molar-refractivity contribution in [2.75, 3.05) is 31.1 Å². The molecule has 4 rings (SSSR count). The van der Waals surface area contributed by atoms with Crippen LogP contribution in [0.15, 0.2) is 60.9 Å². The number of nitrogens with zero attached hydrogens (tertiary/aromatic N) is 5. The number of piperazine rings is 1. The fourth-order valence-electron chi connectivity index (χ4n) is 3.49. The van der Waals surface area contributed by atoms with Crippen molar-refractivity contribution >= 4 is 23.2 Å². The van der Waals surface area contributed by atoms with Crippen LogP contribution in [-0.2, 0) is 6.54 Å². The number of aromatic nitrogens is 2. The number of nitro benzene ring substituents is 1. The first-order valence-corrected chi connectivity index (χ1v) is 9.48. The average molecular weight is 398 g/mol. The number of hydrogen-bond donors (Lipinski definition) is 0. The van der Waals surface area contributed by atoms with Crippen LogP contribution in [0.2, 0.25) is 5.02 Å². The van der Waals surface area contributed by atoms with E-state index in [0.717, 1.165) is 43.4 Å². The van der Waals surface area contributed by atoms with E-state index in [1.165, 1.54) is 6.07 Å². The molecule has 1 aliphatic heterocycles. The quantitative estimate of drug-likeness (QED) is 0.484. The molecular formula is C20H20ClN5O2. The Morgan fingerprint density at radius 2 is 1.86 bits per heavy atom. The maximum atomic E-state index is 11.0. The van der Waals surface area contributed by atoms with Crippen LogP contribution in [0.5, 0.6) is 0 Å². The smallest absolute Gasteiger partial charge is 0.269 e. The van der Waals surface area contributed by atoms with Crippen molar-refractivity contribution in [3.05, 3.63) is 81.6 Å². The van der Waals surface area contributed by atoms with E-state index in [1.807, 2.05) is 41.1 Å². The van der Waals surface area contributed by atoms with E-state index in [9.17, 15) is 10.1 Å². The largest absolute Gasteiger partial charge is 0.339 e. The van der Waals surface area contributed by atoms with Crippen molar-refractivity contribution < 1.29 is 4.92 Å². The van der Waals surface area contributed by atoms with Crippen molar-refractivity contribution in [2.24, 2.45) is 0 Å². The van der Waals surface area contributed by atoms with Gasteiger partial charge in [0.2, 0.25) is 5.95 Å². The van der Waals surface area contributed by atoms with E-state index in [-0.39, 0.29) is 10.6 Å². The molecule has 2 heterocycles. The fraction of sp³-hybridized carbons (Fsp3) is 0.250. The minimum Gasteiger partial charge on any atom is -0.339 e. The molecule has 3 aromatic rings. The van der Waals surface area contributed by atoms with Gasteiger partial charge >= 0.3 is 0 Å². The third kappa shape index (κ3) is 4.00. The molecule has 0 amide bonds. The molecule has 7 nitrogen and oxygen atoms in total. The van der Waals surface area contributed by atoms with Gasteiger partial charge in [0.25, 0.3) is 5.69 Å². The lowest BCUT2D eigenvalue weighted by Gasteiger charge is -2.35. The van der Waals surface area contributed by atoms with Gasteiger partial charge in [0.15, 0.2) is 0 Å². The van der Waals surface area contributed by atoms with Crippen LogP contribution < -0.4 is 4.90 Å². The summed E-state index contributed by atoms with van der Waals surface area (Å²) in [5, 5.41) is 11.7. The molecule has 1 aliphatic rings. The number of nitro groups is 1. The summed E-state index contributed by atoms with van der Waals surface area (Å²) in [7, 11) is 0. The maximum Gasteiger partial charge on any atom is 0.269 e. The first kappa shape index (κ1) is 18.5. The number of anilines is 1. The predicted octanol–water partition coefficient (Wildman–Crippen LogP) is 3.76. The van der Waals surface area contributed by atoms with Gasteiger partial charge in [-0.1, -0.05) is 29.8 Å². The van der Waals surface area contributed by atoms with Gasteiger partial charge in [0, 0.05) is 68.0 Å². The van der Waals surface area contributed by atoms with Crippen LogP contribution >= 0.6 is 11.6 Å². The fourth-order valence-corrected chi connectivity index (χ4v) is 3.67. The number of hydrogen-bond acceptors (Lipinski definition) is 5. The summed E-state index contributed by atoms with van der Waals surface area (Å²) in [6, 6.07) is 14.6. The van der Waals surface area contributed by atoms with Crippen molar-refractivity contribution in [3.63, 3.8) is 0 Å². The van der Waals surface area contributed by atoms with E-state index in [1.54, 1.807) is 18.3 Å². The first-order valence-electron chi connectivity index (χ1n) is 9.10. The SMILES string of the molecule is O=[N+]([O-])c1cccc(CN2CCN(c3nccn3-c3cccc(Cl)c3)CC2)c1. The van der Waals surface area contributed by atoms with E-state index >= 15 is 0 Å². The second-order valence-electron chi connectivity index (χ2n) is 6.77. The minimum atomic E-state index is -0.350. The third-order valence-corrected chi connectivity index (χ3v) is 5.13. The monoisotopic (exact) mass is 397 g/mol. The molecule has 0 N–H and O–H groups in total. The summed E-state index contributed by atoms with van der Waals surface area (Å²) in [4.78, 5) is 19.7. The Morgan fingerprint density at radius 3 is 2.61 bits per heavy atom. The van der Waals surface area contributed by atoms with E-state index in [0.29, 0.717) is 11.6 Å². The Morgan fingerprint density at radius 1 is 1.07 bits per heavy atom. The first-order chi connectivity index (χ1) is 13.6. The number of benzene rings is 2. The van der Waals surface area contributed by atoms with E-state index in [4.69, 9.17) is 11.6 Å². The van der Waals surface area contributed by atoms with Crippen LogP contribution in [0.4, 0.5) is 11.6 Å². The Kier molecular flexibility index (Phi) is 5.27. The summed E-state index contributed by atoms with van der Waals surface area (Å²) in [5.41, 5.74) is 2.08. The normalized spacial score (nSPS) is 15.0. The predicted molar refractivity (Wildman–Crippen MR) is 109 cm³/mol. The van der Waals surface area contributed by atoms with Gasteiger partial charge in [-0.15, -0.1) is 0 Å². The summed E-state index contributed by atoms with van der Waals surface area (Å²) >= 11 is 6.13. The minimum absolute atomic E-state index is 0.139. The van der Waals surface area contributed by atoms with Crippen LogP contribution in [0, 0.1) is 10.1 Å². The molecule has 0 unspecified atom stereocenters. The lowest BCUT2D eigenvalue weighted by atomic mass is 10.2. The molecule has 0 atom stereocenters. The van der Waals surface area contributed by atoms with E-state index < -0.39 is 0 Å². The molecule has 8 heteroatoms. The van der Waals surface area contributed by atoms with Gasteiger partial charge in [0.1, 0.15) is 0 Å². The van der Waals surface area contributed by atoms with Crippen molar-refractivity contribution in [2.45, 2.75) is 6.54 Å². The van der Waals surface area contributed by atoms with Gasteiger partial charge in [-0.25, -0.2) is 4.98 Å². The zero-order valence-electron chi connectivity index (χ0n) is 15.2. The van der Waals surface area contributed by atoms with Crippen LogP contribution in [0.1, 0.15) is 5.56 Å². The second-order valence-corrected chi connectivity index (χ2v) is 7.20. The van der Waals surface area contributed by atoms with E-state index in [2.05, 4.69) is 14.8 Å². The molecule has 0 bridgehead atoms. The van der Waals surface area contributed by atoms with Gasteiger partial charge in [-0.2, -0.15) is 0 Å². The average Bonchev–Trinajstić information content (AvgIpc) is 3.19. The Hall–Kier alpha value is -2.90. The Bertz CT molecular complexity index is 982. The van der Waals surface area contributed by atoms with Crippen LogP contribution in [0.25, 0.3) is 5.69 Å². The molecule has 1 fully saturated rings. The number of non-ortho nitro benzene ring substituents is 1. The lowest BCUT2D eigenvalue weighted by Crippen LogP contribution is -2.46. The highest BCUT2D eigenvalue weighted by Gasteiger charge is 2.21. The summed E-state index contributed by atoms with van der Waals surface area (Å²) in [6.07, 6.45) is 3.74. The zero-order chi connectivity index (χ0) is 19.5.